The van der Waals surface area contributed by atoms with Crippen LogP contribution in [0.1, 0.15) is 57.8 Å². The fourth-order valence-electron chi connectivity index (χ4n) is 2.85. The lowest BCUT2D eigenvalue weighted by atomic mass is 9.93. The summed E-state index contributed by atoms with van der Waals surface area (Å²) in [5.41, 5.74) is 0. The van der Waals surface area contributed by atoms with E-state index in [4.69, 9.17) is 20.4 Å². The zero-order valence-electron chi connectivity index (χ0n) is 15.2. The van der Waals surface area contributed by atoms with E-state index in [1.54, 1.807) is 0 Å². The highest BCUT2D eigenvalue weighted by Crippen LogP contribution is 2.15. The monoisotopic (exact) mass is 361 g/mol. The van der Waals surface area contributed by atoms with Crippen molar-refractivity contribution in [3.63, 3.8) is 0 Å². The average molecular weight is 361 g/mol. The van der Waals surface area contributed by atoms with Gasteiger partial charge in [0.25, 0.3) is 0 Å². The third-order valence-corrected chi connectivity index (χ3v) is 4.32. The predicted molar refractivity (Wildman–Crippen MR) is 95.0 cm³/mol. The molecule has 0 rings (SSSR count). The summed E-state index contributed by atoms with van der Waals surface area (Å²) in [5, 5.41) is 35.7. The second-order valence-corrected chi connectivity index (χ2v) is 6.28. The third-order valence-electron chi connectivity index (χ3n) is 4.32. The number of hydrogen-bond donors (Lipinski definition) is 4. The van der Waals surface area contributed by atoms with Crippen molar-refractivity contribution in [1.82, 2.24) is 4.90 Å². The van der Waals surface area contributed by atoms with Gasteiger partial charge in [0.1, 0.15) is 5.78 Å². The maximum atomic E-state index is 12.0. The maximum absolute atomic E-state index is 12.0. The fourth-order valence-corrected chi connectivity index (χ4v) is 2.85. The van der Waals surface area contributed by atoms with Gasteiger partial charge in [-0.1, -0.05) is 19.3 Å². The predicted octanol–water partition coefficient (Wildman–Crippen LogP) is 0.480. The Bertz CT molecular complexity index is 306. The van der Waals surface area contributed by atoms with Crippen LogP contribution in [-0.2, 0) is 9.59 Å². The van der Waals surface area contributed by atoms with Crippen molar-refractivity contribution in [3.05, 3.63) is 0 Å². The molecule has 0 aromatic carbocycles. The van der Waals surface area contributed by atoms with Gasteiger partial charge >= 0.3 is 0 Å². The van der Waals surface area contributed by atoms with Crippen LogP contribution in [0.15, 0.2) is 0 Å². The van der Waals surface area contributed by atoms with Crippen molar-refractivity contribution in [2.24, 2.45) is 5.92 Å². The van der Waals surface area contributed by atoms with E-state index in [-0.39, 0.29) is 57.1 Å². The van der Waals surface area contributed by atoms with E-state index in [0.717, 1.165) is 32.1 Å². The standard InChI is InChI=1S/C18H35NO6/c20-12-8-16(9-13-21)17(24)6-4-2-1-3-5-7-18(25)19(10-14-22)11-15-23/h16,20-23H,1-15H2. The van der Waals surface area contributed by atoms with Crippen LogP contribution in [0.5, 0.6) is 0 Å². The molecule has 0 bridgehead atoms. The van der Waals surface area contributed by atoms with Gasteiger partial charge in [0.15, 0.2) is 0 Å². The highest BCUT2D eigenvalue weighted by molar-refractivity contribution is 5.80. The van der Waals surface area contributed by atoms with E-state index < -0.39 is 0 Å². The topological polar surface area (TPSA) is 118 Å². The number of rotatable bonds is 17. The summed E-state index contributed by atoms with van der Waals surface area (Å²) in [5.74, 6) is -0.173. The van der Waals surface area contributed by atoms with Crippen molar-refractivity contribution in [2.45, 2.75) is 57.8 Å². The molecule has 0 unspecified atom stereocenters. The number of amides is 1. The Morgan fingerprint density at radius 3 is 1.64 bits per heavy atom. The Hall–Kier alpha value is -1.02. The van der Waals surface area contributed by atoms with Gasteiger partial charge < -0.3 is 25.3 Å². The number of carbonyl (C=O) groups is 2. The van der Waals surface area contributed by atoms with Gasteiger partial charge in [-0.25, -0.2) is 0 Å². The molecular weight excluding hydrogens is 326 g/mol. The summed E-state index contributed by atoms with van der Waals surface area (Å²) < 4.78 is 0. The molecule has 0 atom stereocenters. The van der Waals surface area contributed by atoms with Crippen LogP contribution < -0.4 is 0 Å². The van der Waals surface area contributed by atoms with Gasteiger partial charge in [-0.15, -0.1) is 0 Å². The molecule has 0 fully saturated rings. The molecule has 7 heteroatoms. The molecule has 148 valence electrons. The fraction of sp³-hybridized carbons (Fsp3) is 0.889. The number of carbonyl (C=O) groups excluding carboxylic acids is 2. The highest BCUT2D eigenvalue weighted by atomic mass is 16.3. The van der Waals surface area contributed by atoms with E-state index in [9.17, 15) is 9.59 Å². The molecule has 0 aliphatic heterocycles. The van der Waals surface area contributed by atoms with Gasteiger partial charge in [0.2, 0.25) is 5.91 Å². The first-order valence-electron chi connectivity index (χ1n) is 9.34. The number of aliphatic hydroxyl groups excluding tert-OH is 4. The van der Waals surface area contributed by atoms with Gasteiger partial charge in [-0.05, 0) is 25.7 Å². The van der Waals surface area contributed by atoms with Gasteiger partial charge in [0, 0.05) is 45.1 Å². The van der Waals surface area contributed by atoms with E-state index in [2.05, 4.69) is 0 Å². The minimum Gasteiger partial charge on any atom is -0.396 e. The number of hydrogen-bond acceptors (Lipinski definition) is 6. The normalized spacial score (nSPS) is 11.1. The summed E-state index contributed by atoms with van der Waals surface area (Å²) in [6, 6.07) is 0. The smallest absolute Gasteiger partial charge is 0.222 e. The molecule has 4 N–H and O–H groups in total. The molecule has 0 spiro atoms. The van der Waals surface area contributed by atoms with Crippen molar-refractivity contribution in [1.29, 1.82) is 0 Å². The van der Waals surface area contributed by atoms with Crippen LogP contribution >= 0.6 is 0 Å². The molecule has 0 saturated carbocycles. The van der Waals surface area contributed by atoms with Crippen molar-refractivity contribution in [3.8, 4) is 0 Å². The van der Waals surface area contributed by atoms with Crippen LogP contribution in [0.4, 0.5) is 0 Å². The second-order valence-electron chi connectivity index (χ2n) is 6.28. The van der Waals surface area contributed by atoms with E-state index >= 15 is 0 Å². The Morgan fingerprint density at radius 2 is 1.16 bits per heavy atom. The number of ketones is 1. The molecule has 1 amide bonds. The van der Waals surface area contributed by atoms with Crippen molar-refractivity contribution >= 4 is 11.7 Å². The lowest BCUT2D eigenvalue weighted by Gasteiger charge is -2.20. The average Bonchev–Trinajstić information content (AvgIpc) is 2.60. The zero-order valence-corrected chi connectivity index (χ0v) is 15.2. The molecule has 0 radical (unpaired) electrons. The number of aliphatic hydroxyl groups is 4. The van der Waals surface area contributed by atoms with Crippen LogP contribution in [-0.4, -0.2) is 76.5 Å². The molecule has 25 heavy (non-hydrogen) atoms. The second kappa shape index (κ2) is 16.4. The summed E-state index contributed by atoms with van der Waals surface area (Å²) in [6.45, 7) is 0.234. The minimum absolute atomic E-state index is 0.0337. The van der Waals surface area contributed by atoms with Crippen LogP contribution in [0.25, 0.3) is 0 Å². The van der Waals surface area contributed by atoms with Crippen molar-refractivity contribution in [2.75, 3.05) is 39.5 Å². The SMILES string of the molecule is O=C(CCCCCCCC(=O)N(CCO)CCO)C(CCO)CCO. The third kappa shape index (κ3) is 12.0. The first-order chi connectivity index (χ1) is 12.1. The molecule has 0 saturated heterocycles. The highest BCUT2D eigenvalue weighted by Gasteiger charge is 2.16. The molecular formula is C18H35NO6. The summed E-state index contributed by atoms with van der Waals surface area (Å²) >= 11 is 0. The van der Waals surface area contributed by atoms with Crippen molar-refractivity contribution < 1.29 is 30.0 Å². The molecule has 0 heterocycles. The summed E-state index contributed by atoms with van der Waals surface area (Å²) in [6.07, 6.45) is 6.05. The first kappa shape index (κ1) is 24.0. The quantitative estimate of drug-likeness (QED) is 0.280. The van der Waals surface area contributed by atoms with Gasteiger partial charge in [-0.3, -0.25) is 9.59 Å². The lowest BCUT2D eigenvalue weighted by molar-refractivity contribution is -0.132. The molecule has 0 aromatic rings. The minimum atomic E-state index is -0.239. The zero-order chi connectivity index (χ0) is 18.9. The van der Waals surface area contributed by atoms with Gasteiger partial charge in [-0.2, -0.15) is 0 Å². The Morgan fingerprint density at radius 1 is 0.680 bits per heavy atom. The molecule has 7 nitrogen and oxygen atoms in total. The Labute approximate surface area is 150 Å². The largest absolute Gasteiger partial charge is 0.396 e. The van der Waals surface area contributed by atoms with E-state index in [1.165, 1.54) is 4.90 Å². The van der Waals surface area contributed by atoms with E-state index in [0.29, 0.717) is 25.7 Å². The lowest BCUT2D eigenvalue weighted by Crippen LogP contribution is -2.35. The summed E-state index contributed by atoms with van der Waals surface area (Å²) in [4.78, 5) is 25.4. The number of Topliss-reactive ketones (excluding diaryl/α,β-unsaturated/α-hetero) is 1. The van der Waals surface area contributed by atoms with Crippen LogP contribution in [0.2, 0.25) is 0 Å². The Kier molecular flexibility index (Phi) is 15.8. The number of nitrogens with zero attached hydrogens (tertiary/aromatic N) is 1. The van der Waals surface area contributed by atoms with Gasteiger partial charge in [0.05, 0.1) is 13.2 Å². The summed E-state index contributed by atoms with van der Waals surface area (Å²) in [7, 11) is 0. The van der Waals surface area contributed by atoms with E-state index in [1.807, 2.05) is 0 Å². The van der Waals surface area contributed by atoms with Crippen LogP contribution in [0, 0.1) is 5.92 Å². The molecule has 0 aliphatic carbocycles. The molecule has 0 aliphatic rings. The number of unbranched alkanes of at least 4 members (excludes halogenated alkanes) is 4. The maximum Gasteiger partial charge on any atom is 0.222 e. The molecule has 0 aromatic heterocycles. The van der Waals surface area contributed by atoms with Crippen LogP contribution in [0.3, 0.4) is 0 Å². The Balaban J connectivity index is 3.78. The first-order valence-corrected chi connectivity index (χ1v) is 9.34.